The molecule has 0 heterocycles. The van der Waals surface area contributed by atoms with Crippen LogP contribution in [0.5, 0.6) is 0 Å². The van der Waals surface area contributed by atoms with Crippen LogP contribution in [0, 0.1) is 0 Å². The lowest BCUT2D eigenvalue weighted by Crippen LogP contribution is -2.14. The van der Waals surface area contributed by atoms with Gasteiger partial charge >= 0.3 is 5.97 Å². The van der Waals surface area contributed by atoms with Crippen LogP contribution in [0.25, 0.3) is 0 Å². The molecular formula is C15H23NO2. The molecule has 0 aromatic heterocycles. The van der Waals surface area contributed by atoms with Gasteiger partial charge < -0.3 is 10.1 Å². The average molecular weight is 249 g/mol. The summed E-state index contributed by atoms with van der Waals surface area (Å²) in [5.74, 6) is -0.0998. The molecule has 0 atom stereocenters. The van der Waals surface area contributed by atoms with E-state index in [2.05, 4.69) is 29.6 Å². The molecule has 3 heteroatoms. The van der Waals surface area contributed by atoms with Crippen molar-refractivity contribution in [3.63, 3.8) is 0 Å². The van der Waals surface area contributed by atoms with Crippen LogP contribution in [0.1, 0.15) is 38.2 Å². The minimum absolute atomic E-state index is 0.0998. The Morgan fingerprint density at radius 1 is 1.17 bits per heavy atom. The maximum Gasteiger partial charge on any atom is 0.305 e. The summed E-state index contributed by atoms with van der Waals surface area (Å²) in [5, 5.41) is 3.40. The quantitative estimate of drug-likeness (QED) is 0.540. The van der Waals surface area contributed by atoms with Gasteiger partial charge in [-0.3, -0.25) is 4.79 Å². The zero-order chi connectivity index (χ0) is 13.1. The van der Waals surface area contributed by atoms with Gasteiger partial charge in [0.2, 0.25) is 0 Å². The molecule has 0 fully saturated rings. The van der Waals surface area contributed by atoms with E-state index in [4.69, 9.17) is 4.74 Å². The van der Waals surface area contributed by atoms with Crippen LogP contribution < -0.4 is 5.32 Å². The standard InChI is InChI=1S/C15H23NO2/c1-2-15(17)18-12-8-4-7-11-16-13-14-9-5-3-6-10-14/h3,5-6,9-10,16H,2,4,7-8,11-13H2,1H3. The molecule has 0 bridgehead atoms. The van der Waals surface area contributed by atoms with Gasteiger partial charge in [0.25, 0.3) is 0 Å². The molecule has 3 nitrogen and oxygen atoms in total. The normalized spacial score (nSPS) is 10.3. The van der Waals surface area contributed by atoms with E-state index in [0.29, 0.717) is 13.0 Å². The van der Waals surface area contributed by atoms with E-state index in [1.165, 1.54) is 5.56 Å². The molecule has 0 aliphatic heterocycles. The van der Waals surface area contributed by atoms with Crippen LogP contribution in [0.2, 0.25) is 0 Å². The topological polar surface area (TPSA) is 38.3 Å². The molecule has 18 heavy (non-hydrogen) atoms. The van der Waals surface area contributed by atoms with Crippen molar-refractivity contribution in [1.29, 1.82) is 0 Å². The van der Waals surface area contributed by atoms with Crippen LogP contribution in [0.4, 0.5) is 0 Å². The number of hydrogen-bond donors (Lipinski definition) is 1. The van der Waals surface area contributed by atoms with Crippen molar-refractivity contribution in [2.75, 3.05) is 13.2 Å². The monoisotopic (exact) mass is 249 g/mol. The molecule has 1 N–H and O–H groups in total. The van der Waals surface area contributed by atoms with Crippen molar-refractivity contribution < 1.29 is 9.53 Å². The molecule has 0 saturated carbocycles. The Morgan fingerprint density at radius 2 is 1.94 bits per heavy atom. The second-order valence-electron chi connectivity index (χ2n) is 4.30. The van der Waals surface area contributed by atoms with Gasteiger partial charge in [-0.2, -0.15) is 0 Å². The van der Waals surface area contributed by atoms with Crippen LogP contribution >= 0.6 is 0 Å². The van der Waals surface area contributed by atoms with Crippen molar-refractivity contribution in [1.82, 2.24) is 5.32 Å². The Balaban J connectivity index is 1.89. The molecule has 0 aliphatic rings. The van der Waals surface area contributed by atoms with Crippen LogP contribution in [-0.4, -0.2) is 19.1 Å². The largest absolute Gasteiger partial charge is 0.466 e. The van der Waals surface area contributed by atoms with Crippen molar-refractivity contribution >= 4 is 5.97 Å². The minimum Gasteiger partial charge on any atom is -0.466 e. The van der Waals surface area contributed by atoms with Crippen molar-refractivity contribution in [2.24, 2.45) is 0 Å². The molecule has 0 spiro atoms. The number of carbonyl (C=O) groups excluding carboxylic acids is 1. The highest BCUT2D eigenvalue weighted by molar-refractivity contribution is 5.68. The molecule has 1 rings (SSSR count). The third kappa shape index (κ3) is 7.07. The summed E-state index contributed by atoms with van der Waals surface area (Å²) in [6, 6.07) is 10.4. The van der Waals surface area contributed by atoms with Gasteiger partial charge in [0.1, 0.15) is 0 Å². The van der Waals surface area contributed by atoms with E-state index < -0.39 is 0 Å². The lowest BCUT2D eigenvalue weighted by atomic mass is 10.2. The third-order valence-electron chi connectivity index (χ3n) is 2.72. The average Bonchev–Trinajstić information content (AvgIpc) is 2.42. The zero-order valence-electron chi connectivity index (χ0n) is 11.2. The predicted octanol–water partition coefficient (Wildman–Crippen LogP) is 2.90. The van der Waals surface area contributed by atoms with Gasteiger partial charge in [-0.1, -0.05) is 37.3 Å². The summed E-state index contributed by atoms with van der Waals surface area (Å²) in [5.41, 5.74) is 1.31. The van der Waals surface area contributed by atoms with E-state index in [-0.39, 0.29) is 5.97 Å². The fourth-order valence-electron chi connectivity index (χ4n) is 1.65. The smallest absolute Gasteiger partial charge is 0.305 e. The first-order chi connectivity index (χ1) is 8.83. The summed E-state index contributed by atoms with van der Waals surface area (Å²) < 4.78 is 5.01. The van der Waals surface area contributed by atoms with Gasteiger partial charge in [-0.05, 0) is 31.4 Å². The van der Waals surface area contributed by atoms with Crippen LogP contribution in [-0.2, 0) is 16.1 Å². The molecule has 0 amide bonds. The van der Waals surface area contributed by atoms with Crippen molar-refractivity contribution in [3.05, 3.63) is 35.9 Å². The highest BCUT2D eigenvalue weighted by atomic mass is 16.5. The SMILES string of the molecule is CCC(=O)OCCCCCNCc1ccccc1. The Labute approximate surface area is 110 Å². The number of unbranched alkanes of at least 4 members (excludes halogenated alkanes) is 2. The lowest BCUT2D eigenvalue weighted by Gasteiger charge is -2.05. The number of hydrogen-bond acceptors (Lipinski definition) is 3. The summed E-state index contributed by atoms with van der Waals surface area (Å²) in [7, 11) is 0. The zero-order valence-corrected chi connectivity index (χ0v) is 11.2. The molecule has 0 unspecified atom stereocenters. The molecule has 0 aliphatic carbocycles. The number of ether oxygens (including phenoxy) is 1. The molecule has 100 valence electrons. The minimum atomic E-state index is -0.0998. The fraction of sp³-hybridized carbons (Fsp3) is 0.533. The maximum absolute atomic E-state index is 10.9. The number of rotatable bonds is 9. The molecular weight excluding hydrogens is 226 g/mol. The first-order valence-corrected chi connectivity index (χ1v) is 6.73. The number of benzene rings is 1. The summed E-state index contributed by atoms with van der Waals surface area (Å²) >= 11 is 0. The molecule has 0 radical (unpaired) electrons. The highest BCUT2D eigenvalue weighted by Gasteiger charge is 1.97. The Morgan fingerprint density at radius 3 is 2.67 bits per heavy atom. The van der Waals surface area contributed by atoms with E-state index in [9.17, 15) is 4.79 Å². The van der Waals surface area contributed by atoms with Gasteiger partial charge in [0.05, 0.1) is 6.61 Å². The molecule has 1 aromatic rings. The van der Waals surface area contributed by atoms with Gasteiger partial charge in [-0.25, -0.2) is 0 Å². The van der Waals surface area contributed by atoms with Gasteiger partial charge in [0.15, 0.2) is 0 Å². The van der Waals surface area contributed by atoms with Crippen molar-refractivity contribution in [3.8, 4) is 0 Å². The van der Waals surface area contributed by atoms with Gasteiger partial charge in [-0.15, -0.1) is 0 Å². The van der Waals surface area contributed by atoms with Crippen LogP contribution in [0.15, 0.2) is 30.3 Å². The van der Waals surface area contributed by atoms with Crippen molar-refractivity contribution in [2.45, 2.75) is 39.2 Å². The second kappa shape index (κ2) is 9.66. The Kier molecular flexibility index (Phi) is 7.89. The fourth-order valence-corrected chi connectivity index (χ4v) is 1.65. The van der Waals surface area contributed by atoms with E-state index in [1.54, 1.807) is 0 Å². The predicted molar refractivity (Wildman–Crippen MR) is 73.2 cm³/mol. The Hall–Kier alpha value is -1.35. The molecule has 1 aromatic carbocycles. The first kappa shape index (κ1) is 14.7. The summed E-state index contributed by atoms with van der Waals surface area (Å²) in [6.45, 7) is 4.31. The third-order valence-corrected chi connectivity index (χ3v) is 2.72. The summed E-state index contributed by atoms with van der Waals surface area (Å²) in [6.07, 6.45) is 3.65. The van der Waals surface area contributed by atoms with E-state index in [1.807, 2.05) is 13.0 Å². The van der Waals surface area contributed by atoms with E-state index >= 15 is 0 Å². The number of nitrogens with one attached hydrogen (secondary N) is 1. The molecule has 0 saturated heterocycles. The summed E-state index contributed by atoms with van der Waals surface area (Å²) in [4.78, 5) is 10.9. The second-order valence-corrected chi connectivity index (χ2v) is 4.30. The lowest BCUT2D eigenvalue weighted by molar-refractivity contribution is -0.143. The highest BCUT2D eigenvalue weighted by Crippen LogP contribution is 1.99. The Bertz CT molecular complexity index is 325. The maximum atomic E-state index is 10.9. The van der Waals surface area contributed by atoms with E-state index in [0.717, 1.165) is 32.4 Å². The first-order valence-electron chi connectivity index (χ1n) is 6.73. The van der Waals surface area contributed by atoms with Crippen LogP contribution in [0.3, 0.4) is 0 Å². The van der Waals surface area contributed by atoms with Gasteiger partial charge in [0, 0.05) is 13.0 Å². The number of esters is 1. The number of carbonyl (C=O) groups is 1.